The smallest absolute Gasteiger partial charge is 0.0761 e. The van der Waals surface area contributed by atoms with Gasteiger partial charge in [-0.25, -0.2) is 0 Å². The second-order valence-corrected chi connectivity index (χ2v) is 6.50. The van der Waals surface area contributed by atoms with Gasteiger partial charge in [-0.05, 0) is 52.4 Å². The highest BCUT2D eigenvalue weighted by molar-refractivity contribution is 5.06. The van der Waals surface area contributed by atoms with Gasteiger partial charge in [-0.1, -0.05) is 0 Å². The fourth-order valence-electron chi connectivity index (χ4n) is 3.69. The zero-order chi connectivity index (χ0) is 11.4. The van der Waals surface area contributed by atoms with Crippen LogP contribution in [-0.2, 0) is 9.47 Å². The number of rotatable bonds is 2. The summed E-state index contributed by atoms with van der Waals surface area (Å²) in [7, 11) is 0. The molecule has 0 amide bonds. The van der Waals surface area contributed by atoms with E-state index in [-0.39, 0.29) is 11.1 Å². The zero-order valence-electron chi connectivity index (χ0n) is 10.4. The lowest BCUT2D eigenvalue weighted by atomic mass is 9.78. The Morgan fingerprint density at radius 3 is 2.56 bits per heavy atom. The third kappa shape index (κ3) is 1.79. The van der Waals surface area contributed by atoms with Crippen LogP contribution in [0.3, 0.4) is 0 Å². The molecule has 16 heavy (non-hydrogen) atoms. The predicted octanol–water partition coefficient (Wildman–Crippen LogP) is 1.98. The van der Waals surface area contributed by atoms with Crippen molar-refractivity contribution in [2.45, 2.75) is 81.8 Å². The summed E-state index contributed by atoms with van der Waals surface area (Å²) in [6, 6.07) is 0. The van der Waals surface area contributed by atoms with Gasteiger partial charge in [0.05, 0.1) is 23.9 Å². The first-order chi connectivity index (χ1) is 7.47. The quantitative estimate of drug-likeness (QED) is 0.781. The molecule has 0 aromatic carbocycles. The van der Waals surface area contributed by atoms with E-state index in [9.17, 15) is 0 Å². The number of fused-ring (bicyclic) bond motifs is 2. The highest BCUT2D eigenvalue weighted by Crippen LogP contribution is 2.44. The van der Waals surface area contributed by atoms with Crippen LogP contribution in [0.2, 0.25) is 0 Å². The molecule has 3 heterocycles. The number of hydrogen-bond acceptors (Lipinski definition) is 3. The van der Waals surface area contributed by atoms with Crippen LogP contribution < -0.4 is 5.73 Å². The second kappa shape index (κ2) is 3.44. The van der Waals surface area contributed by atoms with E-state index in [4.69, 9.17) is 15.2 Å². The minimum atomic E-state index is -0.103. The molecule has 0 aromatic heterocycles. The molecule has 2 bridgehead atoms. The topological polar surface area (TPSA) is 44.5 Å². The van der Waals surface area contributed by atoms with Crippen LogP contribution in [0.5, 0.6) is 0 Å². The summed E-state index contributed by atoms with van der Waals surface area (Å²) in [6.07, 6.45) is 7.77. The highest BCUT2D eigenvalue weighted by Gasteiger charge is 2.51. The van der Waals surface area contributed by atoms with E-state index in [1.165, 1.54) is 6.42 Å². The maximum absolute atomic E-state index is 6.51. The van der Waals surface area contributed by atoms with Crippen molar-refractivity contribution in [3.8, 4) is 0 Å². The van der Waals surface area contributed by atoms with Crippen LogP contribution in [0.4, 0.5) is 0 Å². The van der Waals surface area contributed by atoms with E-state index in [1.807, 2.05) is 0 Å². The maximum Gasteiger partial charge on any atom is 0.0761 e. The summed E-state index contributed by atoms with van der Waals surface area (Å²) in [6.45, 7) is 4.35. The Morgan fingerprint density at radius 2 is 2.06 bits per heavy atom. The number of hydrogen-bond donors (Lipinski definition) is 1. The molecule has 3 heteroatoms. The Morgan fingerprint density at radius 1 is 1.25 bits per heavy atom. The lowest BCUT2D eigenvalue weighted by Gasteiger charge is -2.33. The fraction of sp³-hybridized carbons (Fsp3) is 1.00. The molecule has 4 unspecified atom stereocenters. The van der Waals surface area contributed by atoms with Gasteiger partial charge in [0.25, 0.3) is 0 Å². The SMILES string of the molecule is CC1(C)CCC(CC2(N)CC3CCC2O3)O1. The first-order valence-electron chi connectivity index (χ1n) is 6.59. The van der Waals surface area contributed by atoms with E-state index in [1.54, 1.807) is 0 Å². The van der Waals surface area contributed by atoms with Crippen molar-refractivity contribution >= 4 is 0 Å². The molecule has 3 fully saturated rings. The monoisotopic (exact) mass is 225 g/mol. The average molecular weight is 225 g/mol. The van der Waals surface area contributed by atoms with Gasteiger partial charge in [0, 0.05) is 5.54 Å². The van der Waals surface area contributed by atoms with E-state index in [0.29, 0.717) is 18.3 Å². The van der Waals surface area contributed by atoms with Crippen molar-refractivity contribution < 1.29 is 9.47 Å². The Bertz CT molecular complexity index is 292. The molecular weight excluding hydrogens is 202 g/mol. The molecule has 3 aliphatic heterocycles. The van der Waals surface area contributed by atoms with Crippen molar-refractivity contribution in [3.05, 3.63) is 0 Å². The third-order valence-electron chi connectivity index (χ3n) is 4.52. The van der Waals surface area contributed by atoms with E-state index in [0.717, 1.165) is 32.1 Å². The molecule has 4 atom stereocenters. The van der Waals surface area contributed by atoms with Crippen LogP contribution >= 0.6 is 0 Å². The molecule has 0 spiro atoms. The first-order valence-corrected chi connectivity index (χ1v) is 6.59. The number of nitrogens with two attached hydrogens (primary N) is 1. The summed E-state index contributed by atoms with van der Waals surface area (Å²) in [5.41, 5.74) is 6.46. The van der Waals surface area contributed by atoms with E-state index in [2.05, 4.69) is 13.8 Å². The summed E-state index contributed by atoms with van der Waals surface area (Å²) in [5.74, 6) is 0. The molecule has 3 nitrogen and oxygen atoms in total. The molecule has 3 rings (SSSR count). The molecule has 2 N–H and O–H groups in total. The highest BCUT2D eigenvalue weighted by atomic mass is 16.5. The standard InChI is InChI=1S/C13H23NO2/c1-12(2)6-5-10(16-12)8-13(14)7-9-3-4-11(13)15-9/h9-11H,3-8,14H2,1-2H3. The Labute approximate surface area is 97.7 Å². The fourth-order valence-corrected chi connectivity index (χ4v) is 3.69. The van der Waals surface area contributed by atoms with Crippen molar-refractivity contribution in [2.75, 3.05) is 0 Å². The normalized spacial score (nSPS) is 50.1. The summed E-state index contributed by atoms with van der Waals surface area (Å²) >= 11 is 0. The molecule has 0 saturated carbocycles. The molecule has 0 aliphatic carbocycles. The lowest BCUT2D eigenvalue weighted by Crippen LogP contribution is -2.51. The summed E-state index contributed by atoms with van der Waals surface area (Å²) in [5, 5.41) is 0. The molecule has 3 aliphatic rings. The van der Waals surface area contributed by atoms with Crippen molar-refractivity contribution in [1.29, 1.82) is 0 Å². The molecule has 92 valence electrons. The van der Waals surface area contributed by atoms with Gasteiger partial charge in [0.2, 0.25) is 0 Å². The van der Waals surface area contributed by atoms with Gasteiger partial charge in [-0.3, -0.25) is 0 Å². The summed E-state index contributed by atoms with van der Waals surface area (Å²) in [4.78, 5) is 0. The van der Waals surface area contributed by atoms with Crippen LogP contribution in [0.25, 0.3) is 0 Å². The van der Waals surface area contributed by atoms with Crippen LogP contribution in [0, 0.1) is 0 Å². The first kappa shape index (κ1) is 11.0. The molecular formula is C13H23NO2. The minimum absolute atomic E-state index is 0.0551. The third-order valence-corrected chi connectivity index (χ3v) is 4.52. The second-order valence-electron chi connectivity index (χ2n) is 6.50. The van der Waals surface area contributed by atoms with Gasteiger partial charge < -0.3 is 15.2 Å². The Kier molecular flexibility index (Phi) is 2.36. The van der Waals surface area contributed by atoms with Crippen LogP contribution in [0.1, 0.15) is 52.4 Å². The van der Waals surface area contributed by atoms with E-state index >= 15 is 0 Å². The van der Waals surface area contributed by atoms with Crippen LogP contribution in [-0.4, -0.2) is 29.5 Å². The Balaban J connectivity index is 1.63. The molecule has 0 aromatic rings. The minimum Gasteiger partial charge on any atom is -0.373 e. The van der Waals surface area contributed by atoms with E-state index < -0.39 is 0 Å². The maximum atomic E-state index is 6.51. The van der Waals surface area contributed by atoms with Crippen LogP contribution in [0.15, 0.2) is 0 Å². The zero-order valence-corrected chi connectivity index (χ0v) is 10.4. The Hall–Kier alpha value is -0.120. The van der Waals surface area contributed by atoms with Gasteiger partial charge in [0.15, 0.2) is 0 Å². The van der Waals surface area contributed by atoms with Gasteiger partial charge in [-0.2, -0.15) is 0 Å². The van der Waals surface area contributed by atoms with Gasteiger partial charge in [0.1, 0.15) is 0 Å². The van der Waals surface area contributed by atoms with Gasteiger partial charge >= 0.3 is 0 Å². The van der Waals surface area contributed by atoms with Crippen molar-refractivity contribution in [1.82, 2.24) is 0 Å². The molecule has 0 radical (unpaired) electrons. The predicted molar refractivity (Wildman–Crippen MR) is 62.2 cm³/mol. The molecule has 3 saturated heterocycles. The van der Waals surface area contributed by atoms with Crippen molar-refractivity contribution in [3.63, 3.8) is 0 Å². The number of ether oxygens (including phenoxy) is 2. The largest absolute Gasteiger partial charge is 0.373 e. The lowest BCUT2D eigenvalue weighted by molar-refractivity contribution is -0.0325. The van der Waals surface area contributed by atoms with Crippen molar-refractivity contribution in [2.24, 2.45) is 5.73 Å². The average Bonchev–Trinajstić information content (AvgIpc) is 2.79. The van der Waals surface area contributed by atoms with Gasteiger partial charge in [-0.15, -0.1) is 0 Å². The summed E-state index contributed by atoms with van der Waals surface area (Å²) < 4.78 is 11.9.